The zero-order chi connectivity index (χ0) is 18.7. The van der Waals surface area contributed by atoms with Crippen LogP contribution in [0.1, 0.15) is 12.5 Å². The van der Waals surface area contributed by atoms with Crippen molar-refractivity contribution in [2.45, 2.75) is 19.6 Å². The largest absolute Gasteiger partial charge is 0.477 e. The lowest BCUT2D eigenvalue weighted by molar-refractivity contribution is -0.389. The van der Waals surface area contributed by atoms with Crippen LogP contribution in [-0.2, 0) is 20.9 Å². The SMILES string of the molecule is CC(C(=O)OCc1ccccc1)N1C(=O)COc2ccc([N+](=O)[O-])nc21. The number of ether oxygens (including phenoxy) is 2. The number of carbonyl (C=O) groups is 2. The number of aromatic nitrogens is 1. The monoisotopic (exact) mass is 357 g/mol. The van der Waals surface area contributed by atoms with Gasteiger partial charge in [0.25, 0.3) is 11.7 Å². The molecule has 9 heteroatoms. The first-order valence-electron chi connectivity index (χ1n) is 7.78. The number of rotatable bonds is 5. The number of anilines is 1. The Balaban J connectivity index is 1.81. The molecule has 1 aromatic carbocycles. The Morgan fingerprint density at radius 3 is 2.77 bits per heavy atom. The van der Waals surface area contributed by atoms with E-state index < -0.39 is 28.7 Å². The molecule has 1 atom stereocenters. The van der Waals surface area contributed by atoms with Gasteiger partial charge < -0.3 is 19.6 Å². The molecule has 0 saturated heterocycles. The Morgan fingerprint density at radius 1 is 1.35 bits per heavy atom. The molecule has 0 spiro atoms. The lowest BCUT2D eigenvalue weighted by Gasteiger charge is -2.29. The van der Waals surface area contributed by atoms with Crippen molar-refractivity contribution < 1.29 is 24.0 Å². The van der Waals surface area contributed by atoms with Crippen molar-refractivity contribution in [3.8, 4) is 5.75 Å². The molecule has 134 valence electrons. The van der Waals surface area contributed by atoms with Crippen LogP contribution in [-0.4, -0.2) is 34.4 Å². The predicted octanol–water partition coefficient (Wildman–Crippen LogP) is 1.85. The third-order valence-corrected chi connectivity index (χ3v) is 3.81. The minimum atomic E-state index is -1.01. The third-order valence-electron chi connectivity index (χ3n) is 3.81. The van der Waals surface area contributed by atoms with E-state index in [1.165, 1.54) is 19.1 Å². The van der Waals surface area contributed by atoms with E-state index in [2.05, 4.69) is 4.98 Å². The van der Waals surface area contributed by atoms with Gasteiger partial charge in [0, 0.05) is 6.07 Å². The van der Waals surface area contributed by atoms with Gasteiger partial charge in [0.1, 0.15) is 12.6 Å². The average Bonchev–Trinajstić information content (AvgIpc) is 2.65. The molecule has 0 radical (unpaired) electrons. The van der Waals surface area contributed by atoms with Gasteiger partial charge in [-0.3, -0.25) is 9.69 Å². The van der Waals surface area contributed by atoms with Crippen LogP contribution in [0, 0.1) is 10.1 Å². The van der Waals surface area contributed by atoms with Crippen molar-refractivity contribution in [1.29, 1.82) is 0 Å². The summed E-state index contributed by atoms with van der Waals surface area (Å²) in [6.45, 7) is 1.24. The van der Waals surface area contributed by atoms with Gasteiger partial charge in [-0.1, -0.05) is 30.3 Å². The van der Waals surface area contributed by atoms with Crippen LogP contribution in [0.4, 0.5) is 11.6 Å². The van der Waals surface area contributed by atoms with Gasteiger partial charge in [0.15, 0.2) is 12.4 Å². The quantitative estimate of drug-likeness (QED) is 0.456. The predicted molar refractivity (Wildman–Crippen MR) is 89.6 cm³/mol. The van der Waals surface area contributed by atoms with E-state index in [0.29, 0.717) is 0 Å². The Kier molecular flexibility index (Phi) is 4.78. The number of nitrogens with zero attached hydrogens (tertiary/aromatic N) is 3. The van der Waals surface area contributed by atoms with Gasteiger partial charge >= 0.3 is 11.8 Å². The Hall–Kier alpha value is -3.49. The highest BCUT2D eigenvalue weighted by Crippen LogP contribution is 2.33. The van der Waals surface area contributed by atoms with Crippen molar-refractivity contribution >= 4 is 23.5 Å². The summed E-state index contributed by atoms with van der Waals surface area (Å²) in [5, 5.41) is 10.9. The van der Waals surface area contributed by atoms with Crippen molar-refractivity contribution in [2.75, 3.05) is 11.5 Å². The summed E-state index contributed by atoms with van der Waals surface area (Å²) in [7, 11) is 0. The number of amides is 1. The minimum Gasteiger partial charge on any atom is -0.477 e. The van der Waals surface area contributed by atoms with Crippen molar-refractivity contribution in [1.82, 2.24) is 4.98 Å². The van der Waals surface area contributed by atoms with Gasteiger partial charge in [0.05, 0.1) is 0 Å². The van der Waals surface area contributed by atoms with Gasteiger partial charge in [-0.2, -0.15) is 0 Å². The van der Waals surface area contributed by atoms with Crippen LogP contribution in [0.2, 0.25) is 0 Å². The topological polar surface area (TPSA) is 112 Å². The lowest BCUT2D eigenvalue weighted by Crippen LogP contribution is -2.49. The average molecular weight is 357 g/mol. The van der Waals surface area contributed by atoms with Crippen LogP contribution in [0.15, 0.2) is 42.5 Å². The van der Waals surface area contributed by atoms with E-state index in [4.69, 9.17) is 9.47 Å². The Morgan fingerprint density at radius 2 is 2.08 bits per heavy atom. The van der Waals surface area contributed by atoms with Crippen LogP contribution >= 0.6 is 0 Å². The fourth-order valence-corrected chi connectivity index (χ4v) is 2.49. The molecule has 1 aliphatic heterocycles. The summed E-state index contributed by atoms with van der Waals surface area (Å²) in [6, 6.07) is 10.6. The molecule has 0 aliphatic carbocycles. The summed E-state index contributed by atoms with van der Waals surface area (Å²) < 4.78 is 10.5. The first kappa shape index (κ1) is 17.3. The second-order valence-corrected chi connectivity index (χ2v) is 5.57. The molecule has 2 aromatic rings. The maximum absolute atomic E-state index is 12.4. The van der Waals surface area contributed by atoms with E-state index in [1.54, 1.807) is 12.1 Å². The summed E-state index contributed by atoms with van der Waals surface area (Å²) in [5.74, 6) is -1.51. The van der Waals surface area contributed by atoms with Crippen molar-refractivity contribution in [3.05, 3.63) is 58.1 Å². The van der Waals surface area contributed by atoms with Crippen LogP contribution in [0.5, 0.6) is 5.75 Å². The minimum absolute atomic E-state index is 0.0533. The number of fused-ring (bicyclic) bond motifs is 1. The van der Waals surface area contributed by atoms with Gasteiger partial charge in [-0.15, -0.1) is 0 Å². The Bertz CT molecular complexity index is 855. The molecule has 1 unspecified atom stereocenters. The molecule has 1 amide bonds. The number of benzene rings is 1. The van der Waals surface area contributed by atoms with E-state index in [0.717, 1.165) is 10.5 Å². The first-order valence-corrected chi connectivity index (χ1v) is 7.78. The molecule has 9 nitrogen and oxygen atoms in total. The summed E-state index contributed by atoms with van der Waals surface area (Å²) >= 11 is 0. The molecule has 0 bridgehead atoms. The molecule has 0 fully saturated rings. The number of hydrogen-bond acceptors (Lipinski definition) is 7. The first-order chi connectivity index (χ1) is 12.5. The zero-order valence-corrected chi connectivity index (χ0v) is 13.8. The highest BCUT2D eigenvalue weighted by atomic mass is 16.6. The van der Waals surface area contributed by atoms with Crippen LogP contribution in [0.25, 0.3) is 0 Å². The normalized spacial score (nSPS) is 14.2. The van der Waals surface area contributed by atoms with Gasteiger partial charge in [-0.05, 0) is 28.5 Å². The van der Waals surface area contributed by atoms with Crippen molar-refractivity contribution in [3.63, 3.8) is 0 Å². The molecular weight excluding hydrogens is 342 g/mol. The van der Waals surface area contributed by atoms with E-state index in [9.17, 15) is 19.7 Å². The van der Waals surface area contributed by atoms with E-state index in [1.807, 2.05) is 18.2 Å². The summed E-state index contributed by atoms with van der Waals surface area (Å²) in [5.41, 5.74) is 0.801. The van der Waals surface area contributed by atoms with E-state index in [-0.39, 0.29) is 24.8 Å². The maximum atomic E-state index is 12.4. The van der Waals surface area contributed by atoms with Crippen LogP contribution < -0.4 is 9.64 Å². The number of carbonyl (C=O) groups excluding carboxylic acids is 2. The van der Waals surface area contributed by atoms with E-state index >= 15 is 0 Å². The Labute approximate surface area is 148 Å². The number of nitro groups is 1. The van der Waals surface area contributed by atoms with Gasteiger partial charge in [-0.25, -0.2) is 4.79 Å². The molecule has 0 saturated carbocycles. The lowest BCUT2D eigenvalue weighted by atomic mass is 10.2. The summed E-state index contributed by atoms with van der Waals surface area (Å²) in [6.07, 6.45) is 0. The molecule has 3 rings (SSSR count). The number of esters is 1. The molecule has 1 aliphatic rings. The zero-order valence-electron chi connectivity index (χ0n) is 13.8. The third kappa shape index (κ3) is 3.46. The second kappa shape index (κ2) is 7.18. The number of pyridine rings is 1. The fraction of sp³-hybridized carbons (Fsp3) is 0.235. The number of hydrogen-bond donors (Lipinski definition) is 0. The summed E-state index contributed by atoms with van der Waals surface area (Å²) in [4.78, 5) is 39.8. The molecule has 26 heavy (non-hydrogen) atoms. The maximum Gasteiger partial charge on any atom is 0.366 e. The second-order valence-electron chi connectivity index (χ2n) is 5.57. The highest BCUT2D eigenvalue weighted by Gasteiger charge is 2.38. The molecule has 0 N–H and O–H groups in total. The standard InChI is InChI=1S/C17H15N3O6/c1-11(17(22)26-9-12-5-3-2-4-6-12)19-15(21)10-25-13-7-8-14(20(23)24)18-16(13)19/h2-8,11H,9-10H2,1H3. The van der Waals surface area contributed by atoms with Crippen LogP contribution in [0.3, 0.4) is 0 Å². The van der Waals surface area contributed by atoms with Crippen molar-refractivity contribution in [2.24, 2.45) is 0 Å². The smallest absolute Gasteiger partial charge is 0.366 e. The fourth-order valence-electron chi connectivity index (χ4n) is 2.49. The van der Waals surface area contributed by atoms with Gasteiger partial charge in [0.2, 0.25) is 0 Å². The molecular formula is C17H15N3O6. The molecule has 1 aromatic heterocycles. The molecule has 2 heterocycles. The highest BCUT2D eigenvalue weighted by molar-refractivity contribution is 6.01.